The fraction of sp³-hybridized carbons (Fsp3) is 1.00. The fourth-order valence-corrected chi connectivity index (χ4v) is 2.83. The Balaban J connectivity index is 2.27. The Morgan fingerprint density at radius 1 is 1.64 bits per heavy atom. The van der Waals surface area contributed by atoms with Crippen LogP contribution in [0.1, 0.15) is 13.3 Å². The number of thioether (sulfide) groups is 1. The van der Waals surface area contributed by atoms with Gasteiger partial charge in [0.15, 0.2) is 0 Å². The summed E-state index contributed by atoms with van der Waals surface area (Å²) in [5.74, 6) is 2.65. The summed E-state index contributed by atoms with van der Waals surface area (Å²) in [4.78, 5) is 2.50. The third kappa shape index (κ3) is 2.65. The van der Waals surface area contributed by atoms with Gasteiger partial charge in [-0.15, -0.1) is 0 Å². The van der Waals surface area contributed by atoms with Crippen molar-refractivity contribution in [2.75, 3.05) is 31.1 Å². The minimum absolute atomic E-state index is 0.801. The molecule has 2 N–H and O–H groups in total. The molecule has 0 radical (unpaired) electrons. The second-order valence-electron chi connectivity index (χ2n) is 2.93. The minimum Gasteiger partial charge on any atom is -0.329 e. The highest BCUT2D eigenvalue weighted by Gasteiger charge is 2.20. The highest BCUT2D eigenvalue weighted by Crippen LogP contribution is 2.21. The molecule has 0 aliphatic carbocycles. The molecule has 1 saturated heterocycles. The largest absolute Gasteiger partial charge is 0.329 e. The van der Waals surface area contributed by atoms with Gasteiger partial charge in [0.2, 0.25) is 0 Å². The normalized spacial score (nSPS) is 24.8. The van der Waals surface area contributed by atoms with Gasteiger partial charge in [0.1, 0.15) is 0 Å². The van der Waals surface area contributed by atoms with Crippen LogP contribution in [0, 0.1) is 0 Å². The maximum absolute atomic E-state index is 5.52. The molecule has 1 rings (SSSR count). The lowest BCUT2D eigenvalue weighted by atomic mass is 10.2. The number of rotatable bonds is 4. The molecule has 1 unspecified atom stereocenters. The highest BCUT2D eigenvalue weighted by molar-refractivity contribution is 7.99. The second kappa shape index (κ2) is 5.01. The van der Waals surface area contributed by atoms with Crippen LogP contribution in [0.4, 0.5) is 0 Å². The van der Waals surface area contributed by atoms with Crippen molar-refractivity contribution in [1.82, 2.24) is 4.90 Å². The van der Waals surface area contributed by atoms with Gasteiger partial charge < -0.3 is 5.73 Å². The van der Waals surface area contributed by atoms with Crippen LogP contribution in [0.2, 0.25) is 0 Å². The number of likely N-dealkylation sites (N-methyl/N-ethyl adjacent to an activating group) is 1. The molecule has 0 amide bonds. The van der Waals surface area contributed by atoms with Gasteiger partial charge in [0, 0.05) is 24.9 Å². The van der Waals surface area contributed by atoms with E-state index in [1.807, 2.05) is 0 Å². The molecule has 1 aliphatic heterocycles. The van der Waals surface area contributed by atoms with Crippen molar-refractivity contribution in [1.29, 1.82) is 0 Å². The number of hydrogen-bond donors (Lipinski definition) is 1. The van der Waals surface area contributed by atoms with Gasteiger partial charge in [-0.05, 0) is 18.7 Å². The third-order valence-corrected chi connectivity index (χ3v) is 3.39. The standard InChI is InChI=1S/C8H18N2S/c1-2-10(5-4-9)8-3-6-11-7-8/h8H,2-7,9H2,1H3. The summed E-state index contributed by atoms with van der Waals surface area (Å²) in [6, 6.07) is 0.813. The fourth-order valence-electron chi connectivity index (χ4n) is 1.57. The minimum atomic E-state index is 0.801. The molecule has 0 bridgehead atoms. The van der Waals surface area contributed by atoms with Crippen molar-refractivity contribution in [2.45, 2.75) is 19.4 Å². The van der Waals surface area contributed by atoms with Crippen LogP contribution in [0.25, 0.3) is 0 Å². The lowest BCUT2D eigenvalue weighted by molar-refractivity contribution is 0.230. The van der Waals surface area contributed by atoms with Crippen LogP contribution in [-0.4, -0.2) is 42.1 Å². The van der Waals surface area contributed by atoms with Crippen molar-refractivity contribution >= 4 is 11.8 Å². The zero-order valence-electron chi connectivity index (χ0n) is 7.25. The molecule has 1 aliphatic rings. The predicted molar refractivity (Wildman–Crippen MR) is 52.0 cm³/mol. The maximum Gasteiger partial charge on any atom is 0.0194 e. The van der Waals surface area contributed by atoms with Gasteiger partial charge in [-0.1, -0.05) is 6.92 Å². The zero-order chi connectivity index (χ0) is 8.10. The van der Waals surface area contributed by atoms with Crippen LogP contribution < -0.4 is 5.73 Å². The number of nitrogens with two attached hydrogens (primary N) is 1. The smallest absolute Gasteiger partial charge is 0.0194 e. The van der Waals surface area contributed by atoms with Gasteiger partial charge in [-0.25, -0.2) is 0 Å². The zero-order valence-corrected chi connectivity index (χ0v) is 8.07. The molecule has 2 nitrogen and oxygen atoms in total. The number of nitrogens with zero attached hydrogens (tertiary/aromatic N) is 1. The topological polar surface area (TPSA) is 29.3 Å². The van der Waals surface area contributed by atoms with Crippen LogP contribution in [0.3, 0.4) is 0 Å². The average Bonchev–Trinajstić information content (AvgIpc) is 2.52. The first kappa shape index (κ1) is 9.36. The molecule has 3 heteroatoms. The molecule has 0 spiro atoms. The van der Waals surface area contributed by atoms with Crippen LogP contribution in [0.15, 0.2) is 0 Å². The Morgan fingerprint density at radius 2 is 2.45 bits per heavy atom. The van der Waals surface area contributed by atoms with Gasteiger partial charge in [0.05, 0.1) is 0 Å². The van der Waals surface area contributed by atoms with E-state index in [9.17, 15) is 0 Å². The summed E-state index contributed by atoms with van der Waals surface area (Å²) in [7, 11) is 0. The van der Waals surface area contributed by atoms with Gasteiger partial charge in [-0.3, -0.25) is 4.90 Å². The van der Waals surface area contributed by atoms with E-state index in [-0.39, 0.29) is 0 Å². The van der Waals surface area contributed by atoms with E-state index in [0.29, 0.717) is 0 Å². The Morgan fingerprint density at radius 3 is 2.91 bits per heavy atom. The van der Waals surface area contributed by atoms with Gasteiger partial charge in [-0.2, -0.15) is 11.8 Å². The van der Waals surface area contributed by atoms with Crippen LogP contribution in [-0.2, 0) is 0 Å². The molecule has 1 heterocycles. The number of hydrogen-bond acceptors (Lipinski definition) is 3. The second-order valence-corrected chi connectivity index (χ2v) is 4.08. The van der Waals surface area contributed by atoms with Gasteiger partial charge >= 0.3 is 0 Å². The Hall–Kier alpha value is 0.270. The van der Waals surface area contributed by atoms with Crippen molar-refractivity contribution in [3.05, 3.63) is 0 Å². The molecule has 1 atom stereocenters. The first-order valence-corrected chi connectivity index (χ1v) is 5.55. The molecule has 11 heavy (non-hydrogen) atoms. The summed E-state index contributed by atoms with van der Waals surface area (Å²) in [6.07, 6.45) is 1.36. The van der Waals surface area contributed by atoms with Crippen molar-refractivity contribution < 1.29 is 0 Å². The molecular formula is C8H18N2S. The first-order chi connectivity index (χ1) is 5.38. The molecule has 66 valence electrons. The summed E-state index contributed by atoms with van der Waals surface area (Å²) in [5, 5.41) is 0. The summed E-state index contributed by atoms with van der Waals surface area (Å²) < 4.78 is 0. The summed E-state index contributed by atoms with van der Waals surface area (Å²) >= 11 is 2.07. The molecule has 0 aromatic heterocycles. The van der Waals surface area contributed by atoms with E-state index >= 15 is 0 Å². The maximum atomic E-state index is 5.52. The molecule has 1 fully saturated rings. The quantitative estimate of drug-likeness (QED) is 0.683. The van der Waals surface area contributed by atoms with Crippen LogP contribution in [0.5, 0.6) is 0 Å². The van der Waals surface area contributed by atoms with E-state index in [0.717, 1.165) is 25.7 Å². The molecule has 0 aromatic carbocycles. The monoisotopic (exact) mass is 174 g/mol. The first-order valence-electron chi connectivity index (χ1n) is 4.40. The summed E-state index contributed by atoms with van der Waals surface area (Å²) in [5.41, 5.74) is 5.52. The SMILES string of the molecule is CCN(CCN)C1CCSC1. The molecular weight excluding hydrogens is 156 g/mol. The van der Waals surface area contributed by atoms with E-state index in [4.69, 9.17) is 5.73 Å². The van der Waals surface area contributed by atoms with E-state index in [1.54, 1.807) is 0 Å². The van der Waals surface area contributed by atoms with E-state index < -0.39 is 0 Å². The third-order valence-electron chi connectivity index (χ3n) is 2.24. The Bertz CT molecular complexity index is 102. The van der Waals surface area contributed by atoms with E-state index in [1.165, 1.54) is 17.9 Å². The average molecular weight is 174 g/mol. The molecule has 0 saturated carbocycles. The van der Waals surface area contributed by atoms with Gasteiger partial charge in [0.25, 0.3) is 0 Å². The van der Waals surface area contributed by atoms with Crippen molar-refractivity contribution in [3.8, 4) is 0 Å². The summed E-state index contributed by atoms with van der Waals surface area (Å²) in [6.45, 7) is 5.25. The molecule has 0 aromatic rings. The van der Waals surface area contributed by atoms with Crippen LogP contribution >= 0.6 is 11.8 Å². The lowest BCUT2D eigenvalue weighted by Crippen LogP contribution is -2.38. The predicted octanol–water partition coefficient (Wildman–Crippen LogP) is 0.773. The van der Waals surface area contributed by atoms with Crippen molar-refractivity contribution in [2.24, 2.45) is 5.73 Å². The van der Waals surface area contributed by atoms with E-state index in [2.05, 4.69) is 23.6 Å². The highest BCUT2D eigenvalue weighted by atomic mass is 32.2. The Labute approximate surface area is 73.5 Å². The van der Waals surface area contributed by atoms with Crippen molar-refractivity contribution in [3.63, 3.8) is 0 Å². The Kier molecular flexibility index (Phi) is 4.26. The lowest BCUT2D eigenvalue weighted by Gasteiger charge is -2.25.